The van der Waals surface area contributed by atoms with Gasteiger partial charge in [0.05, 0.1) is 0 Å². The van der Waals surface area contributed by atoms with Crippen LogP contribution in [0.25, 0.3) is 10.8 Å². The zero-order chi connectivity index (χ0) is 13.2. The highest BCUT2D eigenvalue weighted by atomic mass is 19.1. The highest BCUT2D eigenvalue weighted by Crippen LogP contribution is 2.27. The Kier molecular flexibility index (Phi) is 3.16. The van der Waals surface area contributed by atoms with E-state index in [0.29, 0.717) is 16.3 Å². The number of halogens is 1. The van der Waals surface area contributed by atoms with Crippen LogP contribution in [0.2, 0.25) is 0 Å². The number of hydrogen-bond acceptors (Lipinski definition) is 1. The second kappa shape index (κ2) is 4.96. The van der Waals surface area contributed by atoms with Gasteiger partial charge in [-0.05, 0) is 48.8 Å². The zero-order valence-corrected chi connectivity index (χ0v) is 10.7. The van der Waals surface area contributed by atoms with Gasteiger partial charge in [-0.25, -0.2) is 4.39 Å². The lowest BCUT2D eigenvalue weighted by atomic mass is 9.91. The van der Waals surface area contributed by atoms with Gasteiger partial charge in [-0.15, -0.1) is 0 Å². The number of carbonyl (C=O) groups excluding carboxylic acids is 1. The van der Waals surface area contributed by atoms with E-state index in [-0.39, 0.29) is 11.6 Å². The summed E-state index contributed by atoms with van der Waals surface area (Å²) in [5, 5.41) is 1.23. The van der Waals surface area contributed by atoms with E-state index in [4.69, 9.17) is 0 Å². The molecule has 0 saturated carbocycles. The van der Waals surface area contributed by atoms with Crippen LogP contribution >= 0.6 is 0 Å². The highest BCUT2D eigenvalue weighted by molar-refractivity contribution is 6.16. The van der Waals surface area contributed by atoms with Gasteiger partial charge >= 0.3 is 0 Å². The Morgan fingerprint density at radius 1 is 1.00 bits per heavy atom. The van der Waals surface area contributed by atoms with Gasteiger partial charge in [-0.2, -0.15) is 0 Å². The predicted molar refractivity (Wildman–Crippen MR) is 74.8 cm³/mol. The van der Waals surface area contributed by atoms with Gasteiger partial charge in [-0.3, -0.25) is 4.79 Å². The van der Waals surface area contributed by atoms with Gasteiger partial charge in [-0.1, -0.05) is 30.3 Å². The Bertz CT molecular complexity index is 670. The van der Waals surface area contributed by atoms with Crippen molar-refractivity contribution in [3.63, 3.8) is 0 Å². The fraction of sp³-hybridized carbons (Fsp3) is 0.235. The van der Waals surface area contributed by atoms with Crippen molar-refractivity contribution in [2.24, 2.45) is 0 Å². The Hall–Kier alpha value is -1.96. The third-order valence-electron chi connectivity index (χ3n) is 3.70. The molecule has 2 heteroatoms. The number of hydrogen-bond donors (Lipinski definition) is 0. The lowest BCUT2D eigenvalue weighted by molar-refractivity contribution is 0.103. The fourth-order valence-corrected chi connectivity index (χ4v) is 2.68. The van der Waals surface area contributed by atoms with Gasteiger partial charge in [0.15, 0.2) is 5.78 Å². The standard InChI is InChI=1S/C17H15FO/c18-16-11-10-15(13-8-4-5-9-14(13)16)17(19)12-6-2-1-3-7-12/h4-6,8-11H,1-3,7H2. The van der Waals surface area contributed by atoms with Gasteiger partial charge in [0, 0.05) is 10.9 Å². The van der Waals surface area contributed by atoms with E-state index in [1.54, 1.807) is 18.2 Å². The number of ketones is 1. The minimum Gasteiger partial charge on any atom is -0.289 e. The molecule has 19 heavy (non-hydrogen) atoms. The monoisotopic (exact) mass is 254 g/mol. The topological polar surface area (TPSA) is 17.1 Å². The van der Waals surface area contributed by atoms with E-state index < -0.39 is 0 Å². The third-order valence-corrected chi connectivity index (χ3v) is 3.70. The largest absolute Gasteiger partial charge is 0.289 e. The van der Waals surface area contributed by atoms with Crippen molar-refractivity contribution in [1.29, 1.82) is 0 Å². The molecule has 2 aromatic rings. The molecule has 1 aliphatic rings. The maximum Gasteiger partial charge on any atom is 0.189 e. The molecule has 2 aromatic carbocycles. The summed E-state index contributed by atoms with van der Waals surface area (Å²) in [7, 11) is 0. The summed E-state index contributed by atoms with van der Waals surface area (Å²) in [5.74, 6) is -0.222. The first kappa shape index (κ1) is 12.1. The number of benzene rings is 2. The normalized spacial score (nSPS) is 15.3. The zero-order valence-electron chi connectivity index (χ0n) is 10.7. The number of carbonyl (C=O) groups is 1. The Balaban J connectivity index is 2.13. The second-order valence-corrected chi connectivity index (χ2v) is 4.94. The lowest BCUT2D eigenvalue weighted by Crippen LogP contribution is -2.07. The molecule has 0 unspecified atom stereocenters. The molecule has 0 N–H and O–H groups in total. The number of Topliss-reactive ketones (excluding diaryl/α,β-unsaturated/α-hetero) is 1. The van der Waals surface area contributed by atoms with Crippen molar-refractivity contribution >= 4 is 16.6 Å². The van der Waals surface area contributed by atoms with Crippen LogP contribution in [0.4, 0.5) is 4.39 Å². The maximum absolute atomic E-state index is 13.7. The first-order chi connectivity index (χ1) is 9.27. The van der Waals surface area contributed by atoms with E-state index in [9.17, 15) is 9.18 Å². The van der Waals surface area contributed by atoms with Crippen molar-refractivity contribution in [1.82, 2.24) is 0 Å². The molecule has 0 amide bonds. The van der Waals surface area contributed by atoms with Crippen molar-refractivity contribution in [3.8, 4) is 0 Å². The van der Waals surface area contributed by atoms with Gasteiger partial charge in [0.25, 0.3) is 0 Å². The molecule has 0 aliphatic heterocycles. The fourth-order valence-electron chi connectivity index (χ4n) is 2.68. The molecule has 0 aromatic heterocycles. The van der Waals surface area contributed by atoms with E-state index in [0.717, 1.165) is 31.3 Å². The first-order valence-electron chi connectivity index (χ1n) is 6.68. The van der Waals surface area contributed by atoms with Crippen molar-refractivity contribution in [2.75, 3.05) is 0 Å². The van der Waals surface area contributed by atoms with Crippen LogP contribution in [0.15, 0.2) is 48.0 Å². The molecule has 0 fully saturated rings. The van der Waals surface area contributed by atoms with Gasteiger partial charge < -0.3 is 0 Å². The van der Waals surface area contributed by atoms with Gasteiger partial charge in [0.1, 0.15) is 5.82 Å². The van der Waals surface area contributed by atoms with Crippen LogP contribution < -0.4 is 0 Å². The third kappa shape index (κ3) is 2.19. The maximum atomic E-state index is 13.7. The molecule has 0 radical (unpaired) electrons. The molecular weight excluding hydrogens is 239 g/mol. The van der Waals surface area contributed by atoms with E-state index in [2.05, 4.69) is 0 Å². The summed E-state index contributed by atoms with van der Waals surface area (Å²) in [6.45, 7) is 0. The Morgan fingerprint density at radius 3 is 2.53 bits per heavy atom. The average Bonchev–Trinajstić information content (AvgIpc) is 2.48. The quantitative estimate of drug-likeness (QED) is 0.712. The molecule has 1 nitrogen and oxygen atoms in total. The first-order valence-corrected chi connectivity index (χ1v) is 6.68. The van der Waals surface area contributed by atoms with Crippen LogP contribution in [0.1, 0.15) is 36.0 Å². The van der Waals surface area contributed by atoms with Crippen LogP contribution in [0.5, 0.6) is 0 Å². The predicted octanol–water partition coefficient (Wildman–Crippen LogP) is 4.66. The van der Waals surface area contributed by atoms with Gasteiger partial charge in [0.2, 0.25) is 0 Å². The highest BCUT2D eigenvalue weighted by Gasteiger charge is 2.17. The number of rotatable bonds is 2. The van der Waals surface area contributed by atoms with E-state index >= 15 is 0 Å². The summed E-state index contributed by atoms with van der Waals surface area (Å²) in [4.78, 5) is 12.5. The van der Waals surface area contributed by atoms with Crippen LogP contribution in [0.3, 0.4) is 0 Å². The van der Waals surface area contributed by atoms with Crippen molar-refractivity contribution < 1.29 is 9.18 Å². The summed E-state index contributed by atoms with van der Waals surface area (Å²) in [6.07, 6.45) is 6.06. The smallest absolute Gasteiger partial charge is 0.189 e. The second-order valence-electron chi connectivity index (χ2n) is 4.94. The molecule has 0 heterocycles. The molecule has 96 valence electrons. The number of fused-ring (bicyclic) bond motifs is 1. The Labute approximate surface area is 111 Å². The average molecular weight is 254 g/mol. The molecular formula is C17H15FO. The molecule has 0 bridgehead atoms. The summed E-state index contributed by atoms with van der Waals surface area (Å²) in [6, 6.07) is 10.2. The molecule has 0 spiro atoms. The van der Waals surface area contributed by atoms with Crippen LogP contribution in [-0.4, -0.2) is 5.78 Å². The van der Waals surface area contributed by atoms with Crippen LogP contribution in [-0.2, 0) is 0 Å². The molecule has 1 aliphatic carbocycles. The molecule has 3 rings (SSSR count). The Morgan fingerprint density at radius 2 is 1.79 bits per heavy atom. The lowest BCUT2D eigenvalue weighted by Gasteiger charge is -2.13. The minimum absolute atomic E-state index is 0.0518. The van der Waals surface area contributed by atoms with Crippen molar-refractivity contribution in [2.45, 2.75) is 25.7 Å². The SMILES string of the molecule is O=C(C1=CCCCC1)c1ccc(F)c2ccccc12. The van der Waals surface area contributed by atoms with Crippen LogP contribution in [0, 0.1) is 5.82 Å². The van der Waals surface area contributed by atoms with E-state index in [1.807, 2.05) is 18.2 Å². The minimum atomic E-state index is -0.273. The summed E-state index contributed by atoms with van der Waals surface area (Å²) < 4.78 is 13.7. The molecule has 0 atom stereocenters. The summed E-state index contributed by atoms with van der Waals surface area (Å²) in [5.41, 5.74) is 1.49. The summed E-state index contributed by atoms with van der Waals surface area (Å²) >= 11 is 0. The number of allylic oxidation sites excluding steroid dienone is 2. The van der Waals surface area contributed by atoms with Crippen molar-refractivity contribution in [3.05, 3.63) is 59.4 Å². The van der Waals surface area contributed by atoms with E-state index in [1.165, 1.54) is 6.07 Å². The molecule has 0 saturated heterocycles.